The van der Waals surface area contributed by atoms with Crippen LogP contribution in [0.3, 0.4) is 0 Å². The summed E-state index contributed by atoms with van der Waals surface area (Å²) in [6.07, 6.45) is 0. The average Bonchev–Trinajstić information content (AvgIpc) is 1.31. The largest absolute Gasteiger partial charge is 0.111 e. The molecule has 2 heteroatoms. The lowest BCUT2D eigenvalue weighted by molar-refractivity contribution is 0.595. The smallest absolute Gasteiger partial charge is 0.0696 e. The van der Waals surface area contributed by atoms with Gasteiger partial charge in [-0.15, -0.1) is 0 Å². The highest BCUT2D eigenvalue weighted by atomic mass is 79.9. The van der Waals surface area contributed by atoms with Crippen LogP contribution in [0.4, 0.5) is 0 Å². The fourth-order valence-corrected chi connectivity index (χ4v) is 0. The summed E-state index contributed by atoms with van der Waals surface area (Å²) in [6, 6.07) is 0. The van der Waals surface area contributed by atoms with Crippen LogP contribution in [0.15, 0.2) is 0 Å². The Balaban J connectivity index is 3.54. The summed E-state index contributed by atoms with van der Waals surface area (Å²) in [4.78, 5) is 0. The van der Waals surface area contributed by atoms with Gasteiger partial charge in [-0.3, -0.25) is 0 Å². The molecule has 7 heavy (non-hydrogen) atoms. The minimum absolute atomic E-state index is 0.000000000000000222. The van der Waals surface area contributed by atoms with Crippen LogP contribution in [0.5, 0.6) is 0 Å². The number of hydrogen-bond donors (Lipinski definition) is 0. The zero-order valence-electron chi connectivity index (χ0n) is 4.46. The third-order valence-electron chi connectivity index (χ3n) is 0.512. The van der Waals surface area contributed by atoms with E-state index < -0.39 is 0 Å². The maximum Gasteiger partial charge on any atom is 0.111 e. The molecular weight excluding hydrogens is 220 g/mol. The molecule has 0 atom stereocenters. The van der Waals surface area contributed by atoms with Crippen LogP contribution in [-0.2, 0) is 0 Å². The monoisotopic (exact) mass is 226 g/mol. The van der Waals surface area contributed by atoms with Crippen LogP contribution in [0.2, 0.25) is 0 Å². The summed E-state index contributed by atoms with van der Waals surface area (Å²) < 4.78 is 1.01. The van der Waals surface area contributed by atoms with E-state index in [-0.39, 0.29) is 5.41 Å². The van der Waals surface area contributed by atoms with Crippen LogP contribution in [0, 0.1) is 16.1 Å². The molecular formula is C5H8Br2. The first kappa shape index (κ1) is 7.96. The van der Waals surface area contributed by atoms with Gasteiger partial charge >= 0.3 is 0 Å². The van der Waals surface area contributed by atoms with Gasteiger partial charge in [-0.2, -0.15) is 0 Å². The Morgan fingerprint density at radius 2 is 1.57 bits per heavy atom. The topological polar surface area (TPSA) is 0 Å². The van der Waals surface area contributed by atoms with Gasteiger partial charge < -0.3 is 0 Å². The first-order chi connectivity index (χ1) is 2.94. The van der Waals surface area contributed by atoms with Gasteiger partial charge in [-0.05, 0) is 12.3 Å². The van der Waals surface area contributed by atoms with E-state index in [0.717, 1.165) is 3.74 Å². The van der Waals surface area contributed by atoms with E-state index in [1.165, 1.54) is 0 Å². The fraction of sp³-hybridized carbons (Fsp3) is 0.600. The molecule has 42 valence electrons. The van der Waals surface area contributed by atoms with Crippen molar-refractivity contribution in [1.29, 1.82) is 0 Å². The molecule has 0 aromatic rings. The maximum absolute atomic E-state index is 3.84. The lowest BCUT2D eigenvalue weighted by Crippen LogP contribution is -2.06. The fourth-order valence-electron chi connectivity index (χ4n) is 0. The second kappa shape index (κ2) is 2.49. The Labute approximate surface area is 61.9 Å². The van der Waals surface area contributed by atoms with Crippen LogP contribution < -0.4 is 0 Å². The number of rotatable bonds is 1. The van der Waals surface area contributed by atoms with Gasteiger partial charge in [0.15, 0.2) is 0 Å². The van der Waals surface area contributed by atoms with Crippen molar-refractivity contribution >= 4 is 31.9 Å². The van der Waals surface area contributed by atoms with Gasteiger partial charge in [-0.1, -0.05) is 45.7 Å². The van der Waals surface area contributed by atoms with E-state index >= 15 is 0 Å². The predicted octanol–water partition coefficient (Wildman–Crippen LogP) is 3.13. The average molecular weight is 228 g/mol. The lowest BCUT2D eigenvalue weighted by atomic mass is 10.0. The van der Waals surface area contributed by atoms with Crippen molar-refractivity contribution in [2.24, 2.45) is 5.41 Å². The summed E-state index contributed by atoms with van der Waals surface area (Å²) in [6.45, 7) is 7.88. The van der Waals surface area contributed by atoms with Crippen LogP contribution in [0.25, 0.3) is 0 Å². The summed E-state index contributed by atoms with van der Waals surface area (Å²) in [5.74, 6) is 0. The summed E-state index contributed by atoms with van der Waals surface area (Å²) in [5, 5.41) is 0. The van der Waals surface area contributed by atoms with E-state index in [1.54, 1.807) is 0 Å². The molecule has 0 unspecified atom stereocenters. The zero-order chi connectivity index (χ0) is 6.08. The quantitative estimate of drug-likeness (QED) is 0.646. The molecule has 0 aliphatic heterocycles. The second-order valence-corrected chi connectivity index (χ2v) is 4.79. The van der Waals surface area contributed by atoms with Crippen LogP contribution >= 0.6 is 31.9 Å². The highest BCUT2D eigenvalue weighted by Crippen LogP contribution is 2.37. The molecule has 0 fully saturated rings. The number of hydrogen-bond acceptors (Lipinski definition) is 0. The number of halogens is 2. The van der Waals surface area contributed by atoms with Crippen molar-refractivity contribution in [3.8, 4) is 0 Å². The van der Waals surface area contributed by atoms with Crippen molar-refractivity contribution in [3.63, 3.8) is 0 Å². The van der Waals surface area contributed by atoms with Crippen molar-refractivity contribution in [2.75, 3.05) is 0 Å². The molecule has 0 saturated heterocycles. The lowest BCUT2D eigenvalue weighted by Gasteiger charge is -2.17. The minimum atomic E-state index is -0.000000000000000222. The molecule has 0 amide bonds. The van der Waals surface area contributed by atoms with E-state index in [0.29, 0.717) is 0 Å². The zero-order valence-corrected chi connectivity index (χ0v) is 7.64. The van der Waals surface area contributed by atoms with Crippen LogP contribution in [-0.4, -0.2) is 0 Å². The van der Waals surface area contributed by atoms with Crippen molar-refractivity contribution in [2.45, 2.75) is 13.8 Å². The second-order valence-electron chi connectivity index (χ2n) is 2.14. The first-order valence-electron chi connectivity index (χ1n) is 1.98. The Morgan fingerprint density at radius 3 is 1.57 bits per heavy atom. The third-order valence-corrected chi connectivity index (χ3v) is 2.66. The molecule has 0 aliphatic rings. The molecule has 0 aliphatic carbocycles. The SMILES string of the molecule is [CH2]C(C)(C)[C](Br)Br. The molecule has 0 spiro atoms. The predicted molar refractivity (Wildman–Crippen MR) is 40.2 cm³/mol. The standard InChI is InChI=1S/C5H8Br2/c1-5(2,3)4(6)7/h1H2,2-3H3. The van der Waals surface area contributed by atoms with Crippen molar-refractivity contribution < 1.29 is 0 Å². The molecule has 0 N–H and O–H groups in total. The highest BCUT2D eigenvalue weighted by Gasteiger charge is 2.18. The molecule has 0 heterocycles. The van der Waals surface area contributed by atoms with Gasteiger partial charge in [0, 0.05) is 0 Å². The Kier molecular flexibility index (Phi) is 2.83. The molecule has 0 bridgehead atoms. The molecule has 0 aromatic carbocycles. The van der Waals surface area contributed by atoms with Gasteiger partial charge in [0.25, 0.3) is 0 Å². The van der Waals surface area contributed by atoms with E-state index in [2.05, 4.69) is 38.8 Å². The van der Waals surface area contributed by atoms with E-state index in [9.17, 15) is 0 Å². The molecule has 0 saturated carbocycles. The van der Waals surface area contributed by atoms with Gasteiger partial charge in [-0.25, -0.2) is 0 Å². The molecule has 0 nitrogen and oxygen atoms in total. The van der Waals surface area contributed by atoms with Gasteiger partial charge in [0.1, 0.15) is 3.74 Å². The van der Waals surface area contributed by atoms with Gasteiger partial charge in [0.05, 0.1) is 0 Å². The van der Waals surface area contributed by atoms with Crippen LogP contribution in [0.1, 0.15) is 13.8 Å². The van der Waals surface area contributed by atoms with E-state index in [1.807, 2.05) is 13.8 Å². The Bertz CT molecular complexity index is 51.6. The third kappa shape index (κ3) is 3.53. The van der Waals surface area contributed by atoms with Crippen molar-refractivity contribution in [3.05, 3.63) is 10.7 Å². The molecule has 0 rings (SSSR count). The normalized spacial score (nSPS) is 12.9. The maximum atomic E-state index is 3.84. The Morgan fingerprint density at radius 1 is 1.43 bits per heavy atom. The molecule has 2 radical (unpaired) electrons. The van der Waals surface area contributed by atoms with Crippen molar-refractivity contribution in [1.82, 2.24) is 0 Å². The summed E-state index contributed by atoms with van der Waals surface area (Å²) >= 11 is 6.53. The molecule has 0 aromatic heterocycles. The highest BCUT2D eigenvalue weighted by molar-refractivity contribution is 9.27. The summed E-state index contributed by atoms with van der Waals surface area (Å²) in [5.41, 5.74) is -0.000000000000000222. The first-order valence-corrected chi connectivity index (χ1v) is 3.57. The Hall–Kier alpha value is 0.960. The van der Waals surface area contributed by atoms with Gasteiger partial charge in [0.2, 0.25) is 0 Å². The minimum Gasteiger partial charge on any atom is -0.0696 e. The van der Waals surface area contributed by atoms with E-state index in [4.69, 9.17) is 0 Å². The summed E-state index contributed by atoms with van der Waals surface area (Å²) in [7, 11) is 0.